The Hall–Kier alpha value is -3.59. The number of alkyl halides is 3. The van der Waals surface area contributed by atoms with Crippen LogP contribution in [0.4, 0.5) is 18.9 Å². The number of rotatable bonds is 8. The highest BCUT2D eigenvalue weighted by Gasteiger charge is 2.34. The number of nitrogens with zero attached hydrogens (tertiary/aromatic N) is 4. The van der Waals surface area contributed by atoms with Gasteiger partial charge in [0.05, 0.1) is 36.8 Å². The van der Waals surface area contributed by atoms with Gasteiger partial charge in [-0.3, -0.25) is 0 Å². The molecule has 0 aliphatic carbocycles. The molecule has 4 rings (SSSR count). The van der Waals surface area contributed by atoms with Crippen LogP contribution >= 0.6 is 0 Å². The lowest BCUT2D eigenvalue weighted by Gasteiger charge is -2.19. The van der Waals surface area contributed by atoms with E-state index >= 15 is 0 Å². The standard InChI is InChI=1S/C25H25F3N4O2/c1-17-32(22-13-20(25(26,27)28)8-9-23(22)34-17)16-18-6-4-7-19(12-18)24-29-14-21(15-30-24)33-11-5-10-31(2)3/h4,6-9,12-15H,1,5,10-11,16H2,2-3H3. The van der Waals surface area contributed by atoms with Crippen molar-refractivity contribution in [2.24, 2.45) is 0 Å². The van der Waals surface area contributed by atoms with Gasteiger partial charge in [-0.2, -0.15) is 13.2 Å². The van der Waals surface area contributed by atoms with E-state index < -0.39 is 11.7 Å². The number of aromatic nitrogens is 2. The first-order valence-corrected chi connectivity index (χ1v) is 10.7. The van der Waals surface area contributed by atoms with Crippen molar-refractivity contribution in [2.45, 2.75) is 19.1 Å². The predicted octanol–water partition coefficient (Wildman–Crippen LogP) is 5.36. The monoisotopic (exact) mass is 470 g/mol. The van der Waals surface area contributed by atoms with Crippen molar-refractivity contribution in [3.8, 4) is 22.9 Å². The topological polar surface area (TPSA) is 50.7 Å². The third-order valence-electron chi connectivity index (χ3n) is 5.28. The van der Waals surface area contributed by atoms with E-state index in [4.69, 9.17) is 9.47 Å². The summed E-state index contributed by atoms with van der Waals surface area (Å²) < 4.78 is 50.8. The Kier molecular flexibility index (Phi) is 6.74. The fourth-order valence-electron chi connectivity index (χ4n) is 3.58. The van der Waals surface area contributed by atoms with Crippen molar-refractivity contribution in [2.75, 3.05) is 32.1 Å². The van der Waals surface area contributed by atoms with Gasteiger partial charge in [-0.25, -0.2) is 9.97 Å². The minimum atomic E-state index is -4.44. The number of benzene rings is 2. The molecule has 9 heteroatoms. The summed E-state index contributed by atoms with van der Waals surface area (Å²) >= 11 is 0. The third-order valence-corrected chi connectivity index (χ3v) is 5.28. The second-order valence-corrected chi connectivity index (χ2v) is 8.21. The lowest BCUT2D eigenvalue weighted by atomic mass is 10.1. The van der Waals surface area contributed by atoms with Crippen LogP contribution < -0.4 is 14.4 Å². The highest BCUT2D eigenvalue weighted by molar-refractivity contribution is 5.68. The summed E-state index contributed by atoms with van der Waals surface area (Å²) in [5.74, 6) is 1.74. The first-order chi connectivity index (χ1) is 16.2. The summed E-state index contributed by atoms with van der Waals surface area (Å²) in [6.07, 6.45) is -0.272. The van der Waals surface area contributed by atoms with E-state index in [1.165, 1.54) is 6.07 Å². The molecule has 34 heavy (non-hydrogen) atoms. The molecule has 2 aromatic carbocycles. The summed E-state index contributed by atoms with van der Waals surface area (Å²) in [6.45, 7) is 5.65. The highest BCUT2D eigenvalue weighted by atomic mass is 19.4. The fourth-order valence-corrected chi connectivity index (χ4v) is 3.58. The fraction of sp³-hybridized carbons (Fsp3) is 0.280. The zero-order valence-electron chi connectivity index (χ0n) is 19.0. The summed E-state index contributed by atoms with van der Waals surface area (Å²) in [4.78, 5) is 12.5. The number of fused-ring (bicyclic) bond motifs is 1. The first kappa shape index (κ1) is 23.6. The van der Waals surface area contributed by atoms with Gasteiger partial charge in [0.15, 0.2) is 23.2 Å². The molecule has 1 aliphatic heterocycles. The van der Waals surface area contributed by atoms with Crippen molar-refractivity contribution < 1.29 is 22.6 Å². The van der Waals surface area contributed by atoms with Crippen molar-refractivity contribution >= 4 is 5.69 Å². The molecule has 0 N–H and O–H groups in total. The molecule has 0 saturated carbocycles. The smallest absolute Gasteiger partial charge is 0.416 e. The van der Waals surface area contributed by atoms with Crippen molar-refractivity contribution in [1.29, 1.82) is 0 Å². The van der Waals surface area contributed by atoms with Crippen LogP contribution in [0.1, 0.15) is 17.5 Å². The maximum absolute atomic E-state index is 13.2. The molecular formula is C25H25F3N4O2. The highest BCUT2D eigenvalue weighted by Crippen LogP contribution is 2.43. The molecule has 0 atom stereocenters. The SMILES string of the molecule is C=C1Oc2ccc(C(F)(F)F)cc2N1Cc1cccc(-c2ncc(OCCCN(C)C)cn2)c1. The minimum absolute atomic E-state index is 0.270. The molecule has 3 aromatic rings. The molecule has 2 heterocycles. The average Bonchev–Trinajstić information content (AvgIpc) is 3.11. The van der Waals surface area contributed by atoms with Crippen LogP contribution in [0, 0.1) is 0 Å². The predicted molar refractivity (Wildman–Crippen MR) is 124 cm³/mol. The second kappa shape index (κ2) is 9.72. The van der Waals surface area contributed by atoms with E-state index in [1.54, 1.807) is 17.3 Å². The van der Waals surface area contributed by atoms with Crippen LogP contribution in [-0.2, 0) is 12.7 Å². The summed E-state index contributed by atoms with van der Waals surface area (Å²) in [5, 5.41) is 0. The summed E-state index contributed by atoms with van der Waals surface area (Å²) in [5.41, 5.74) is 1.23. The van der Waals surface area contributed by atoms with Gasteiger partial charge in [0.1, 0.15) is 0 Å². The molecule has 1 aromatic heterocycles. The molecule has 0 fully saturated rings. The quantitative estimate of drug-likeness (QED) is 0.413. The molecule has 1 aliphatic rings. The maximum atomic E-state index is 13.2. The molecule has 0 spiro atoms. The van der Waals surface area contributed by atoms with Crippen LogP contribution in [0.25, 0.3) is 11.4 Å². The zero-order chi connectivity index (χ0) is 24.3. The zero-order valence-corrected chi connectivity index (χ0v) is 19.0. The van der Waals surface area contributed by atoms with Crippen molar-refractivity contribution in [3.05, 3.63) is 78.4 Å². The Labute approximate surface area is 196 Å². The Bertz CT molecular complexity index is 1160. The molecule has 0 amide bonds. The van der Waals surface area contributed by atoms with Gasteiger partial charge in [-0.15, -0.1) is 0 Å². The Morgan fingerprint density at radius 3 is 2.56 bits per heavy atom. The molecule has 0 radical (unpaired) electrons. The number of ether oxygens (including phenoxy) is 2. The van der Waals surface area contributed by atoms with E-state index in [0.29, 0.717) is 29.6 Å². The number of hydrogen-bond acceptors (Lipinski definition) is 6. The van der Waals surface area contributed by atoms with Crippen molar-refractivity contribution in [3.63, 3.8) is 0 Å². The van der Waals surface area contributed by atoms with Gasteiger partial charge in [0, 0.05) is 12.1 Å². The van der Waals surface area contributed by atoms with Crippen LogP contribution in [0.15, 0.2) is 67.3 Å². The number of halogens is 3. The first-order valence-electron chi connectivity index (χ1n) is 10.7. The maximum Gasteiger partial charge on any atom is 0.416 e. The number of hydrogen-bond donors (Lipinski definition) is 0. The second-order valence-electron chi connectivity index (χ2n) is 8.21. The molecule has 6 nitrogen and oxygen atoms in total. The van der Waals surface area contributed by atoms with Crippen LogP contribution in [0.3, 0.4) is 0 Å². The Morgan fingerprint density at radius 2 is 1.85 bits per heavy atom. The Balaban J connectivity index is 1.47. The molecule has 0 saturated heterocycles. The molecule has 0 unspecified atom stereocenters. The van der Waals surface area contributed by atoms with Gasteiger partial charge >= 0.3 is 6.18 Å². The van der Waals surface area contributed by atoms with Crippen LogP contribution in [-0.4, -0.2) is 42.1 Å². The van der Waals surface area contributed by atoms with E-state index in [0.717, 1.165) is 36.2 Å². The molecular weight excluding hydrogens is 445 g/mol. The van der Waals surface area contributed by atoms with E-state index in [1.807, 2.05) is 38.4 Å². The average molecular weight is 470 g/mol. The molecule has 0 bridgehead atoms. The van der Waals surface area contributed by atoms with Crippen LogP contribution in [0.2, 0.25) is 0 Å². The lowest BCUT2D eigenvalue weighted by molar-refractivity contribution is -0.137. The largest absolute Gasteiger partial charge is 0.490 e. The summed E-state index contributed by atoms with van der Waals surface area (Å²) in [6, 6.07) is 10.9. The van der Waals surface area contributed by atoms with Gasteiger partial charge in [0.25, 0.3) is 0 Å². The number of anilines is 1. The van der Waals surface area contributed by atoms with E-state index in [2.05, 4.69) is 21.4 Å². The lowest BCUT2D eigenvalue weighted by Crippen LogP contribution is -2.19. The van der Waals surface area contributed by atoms with Crippen molar-refractivity contribution in [1.82, 2.24) is 14.9 Å². The normalized spacial score (nSPS) is 13.2. The van der Waals surface area contributed by atoms with E-state index in [9.17, 15) is 13.2 Å². The van der Waals surface area contributed by atoms with E-state index in [-0.39, 0.29) is 12.4 Å². The van der Waals surface area contributed by atoms with Gasteiger partial charge in [0.2, 0.25) is 0 Å². The summed E-state index contributed by atoms with van der Waals surface area (Å²) in [7, 11) is 4.02. The minimum Gasteiger partial charge on any atom is -0.490 e. The van der Waals surface area contributed by atoms with Gasteiger partial charge in [-0.1, -0.05) is 18.2 Å². The molecule has 178 valence electrons. The Morgan fingerprint density at radius 1 is 1.09 bits per heavy atom. The third kappa shape index (κ3) is 5.48. The van der Waals surface area contributed by atoms with Gasteiger partial charge < -0.3 is 19.3 Å². The van der Waals surface area contributed by atoms with Crippen LogP contribution in [0.5, 0.6) is 11.5 Å². The van der Waals surface area contributed by atoms with Gasteiger partial charge in [-0.05, 0) is 56.9 Å².